The van der Waals surface area contributed by atoms with Crippen molar-refractivity contribution in [2.24, 2.45) is 0 Å². The average molecular weight is 268 g/mol. The predicted octanol–water partition coefficient (Wildman–Crippen LogP) is 2.38. The van der Waals surface area contributed by atoms with E-state index in [1.165, 1.54) is 12.0 Å². The van der Waals surface area contributed by atoms with E-state index in [9.17, 15) is 9.59 Å². The lowest BCUT2D eigenvalue weighted by Gasteiger charge is -2.26. The first-order valence-corrected chi connectivity index (χ1v) is 6.95. The van der Waals surface area contributed by atoms with Crippen molar-refractivity contribution in [1.82, 2.24) is 10.2 Å². The molecule has 2 amide bonds. The standard InChI is InChI=1S/C14H24N2O3/c1-11(2)16(10-8-13(17)18)14(19)15-9-7-12-5-3-4-6-12/h5,11H,3-4,6-10H2,1-2H3,(H,15,19)(H,17,18). The summed E-state index contributed by atoms with van der Waals surface area (Å²) in [6.07, 6.45) is 6.65. The minimum absolute atomic E-state index is 0.00467. The summed E-state index contributed by atoms with van der Waals surface area (Å²) in [4.78, 5) is 24.1. The molecule has 0 unspecified atom stereocenters. The van der Waals surface area contributed by atoms with Gasteiger partial charge in [-0.1, -0.05) is 11.6 Å². The molecule has 1 rings (SSSR count). The molecule has 0 saturated heterocycles. The van der Waals surface area contributed by atoms with E-state index in [0.717, 1.165) is 19.3 Å². The largest absolute Gasteiger partial charge is 0.481 e. The Labute approximate surface area is 114 Å². The van der Waals surface area contributed by atoms with E-state index >= 15 is 0 Å². The third-order valence-corrected chi connectivity index (χ3v) is 3.31. The van der Waals surface area contributed by atoms with Crippen LogP contribution in [-0.4, -0.2) is 41.1 Å². The second kappa shape index (κ2) is 7.81. The Morgan fingerprint density at radius 1 is 1.47 bits per heavy atom. The molecule has 0 bridgehead atoms. The highest BCUT2D eigenvalue weighted by Gasteiger charge is 2.17. The van der Waals surface area contributed by atoms with Gasteiger partial charge in [-0.05, 0) is 39.5 Å². The number of carbonyl (C=O) groups excluding carboxylic acids is 1. The lowest BCUT2D eigenvalue weighted by Crippen LogP contribution is -2.45. The van der Waals surface area contributed by atoms with Crippen LogP contribution in [0.1, 0.15) is 46.0 Å². The van der Waals surface area contributed by atoms with Gasteiger partial charge in [0.2, 0.25) is 0 Å². The second-order valence-electron chi connectivity index (χ2n) is 5.17. The summed E-state index contributed by atoms with van der Waals surface area (Å²) >= 11 is 0. The van der Waals surface area contributed by atoms with Crippen molar-refractivity contribution >= 4 is 12.0 Å². The third-order valence-electron chi connectivity index (χ3n) is 3.31. The average Bonchev–Trinajstić information content (AvgIpc) is 2.81. The van der Waals surface area contributed by atoms with E-state index in [-0.39, 0.29) is 25.0 Å². The molecule has 0 aromatic heterocycles. The summed E-state index contributed by atoms with van der Waals surface area (Å²) in [5, 5.41) is 11.5. The Bertz CT molecular complexity index is 351. The van der Waals surface area contributed by atoms with Crippen LogP contribution in [0.15, 0.2) is 11.6 Å². The van der Waals surface area contributed by atoms with Crippen molar-refractivity contribution in [3.05, 3.63) is 11.6 Å². The molecule has 1 aliphatic rings. The van der Waals surface area contributed by atoms with E-state index < -0.39 is 5.97 Å². The monoisotopic (exact) mass is 268 g/mol. The van der Waals surface area contributed by atoms with Gasteiger partial charge in [0.05, 0.1) is 6.42 Å². The third kappa shape index (κ3) is 5.77. The van der Waals surface area contributed by atoms with Gasteiger partial charge in [-0.2, -0.15) is 0 Å². The van der Waals surface area contributed by atoms with Crippen LogP contribution in [-0.2, 0) is 4.79 Å². The highest BCUT2D eigenvalue weighted by molar-refractivity contribution is 5.75. The number of hydrogen-bond acceptors (Lipinski definition) is 2. The van der Waals surface area contributed by atoms with Crippen LogP contribution >= 0.6 is 0 Å². The van der Waals surface area contributed by atoms with Gasteiger partial charge in [-0.25, -0.2) is 4.79 Å². The van der Waals surface area contributed by atoms with Gasteiger partial charge in [0.1, 0.15) is 0 Å². The molecule has 2 N–H and O–H groups in total. The van der Waals surface area contributed by atoms with Gasteiger partial charge in [0.15, 0.2) is 0 Å². The highest BCUT2D eigenvalue weighted by atomic mass is 16.4. The molecule has 0 radical (unpaired) electrons. The van der Waals surface area contributed by atoms with Gasteiger partial charge in [-0.3, -0.25) is 4.79 Å². The fraction of sp³-hybridized carbons (Fsp3) is 0.714. The predicted molar refractivity (Wildman–Crippen MR) is 74.0 cm³/mol. The number of carboxylic acid groups (broad SMARTS) is 1. The lowest BCUT2D eigenvalue weighted by atomic mass is 10.2. The summed E-state index contributed by atoms with van der Waals surface area (Å²) in [6, 6.07) is -0.167. The van der Waals surface area contributed by atoms with Crippen LogP contribution in [0.5, 0.6) is 0 Å². The van der Waals surface area contributed by atoms with Crippen LogP contribution in [0.25, 0.3) is 0 Å². The number of hydrogen-bond donors (Lipinski definition) is 2. The Hall–Kier alpha value is -1.52. The van der Waals surface area contributed by atoms with E-state index in [0.29, 0.717) is 6.54 Å². The molecule has 5 nitrogen and oxygen atoms in total. The van der Waals surface area contributed by atoms with Gasteiger partial charge in [0, 0.05) is 19.1 Å². The number of nitrogens with one attached hydrogen (secondary N) is 1. The maximum atomic E-state index is 12.0. The first kappa shape index (κ1) is 15.5. The number of carboxylic acids is 1. The van der Waals surface area contributed by atoms with E-state index in [1.807, 2.05) is 13.8 Å². The number of allylic oxidation sites excluding steroid dienone is 1. The molecule has 108 valence electrons. The maximum absolute atomic E-state index is 12.0. The Kier molecular flexibility index (Phi) is 6.39. The zero-order valence-corrected chi connectivity index (χ0v) is 11.8. The molecule has 0 heterocycles. The van der Waals surface area contributed by atoms with Crippen LogP contribution in [0.4, 0.5) is 4.79 Å². The lowest BCUT2D eigenvalue weighted by molar-refractivity contribution is -0.137. The van der Waals surface area contributed by atoms with Crippen molar-refractivity contribution in [1.29, 1.82) is 0 Å². The normalized spacial score (nSPS) is 14.4. The van der Waals surface area contributed by atoms with Gasteiger partial charge in [-0.15, -0.1) is 0 Å². The van der Waals surface area contributed by atoms with Crippen molar-refractivity contribution in [3.8, 4) is 0 Å². The number of urea groups is 1. The molecule has 0 aliphatic heterocycles. The first-order valence-electron chi connectivity index (χ1n) is 6.95. The maximum Gasteiger partial charge on any atom is 0.317 e. The fourth-order valence-corrected chi connectivity index (χ4v) is 2.21. The Morgan fingerprint density at radius 2 is 2.21 bits per heavy atom. The van der Waals surface area contributed by atoms with Crippen molar-refractivity contribution in [2.75, 3.05) is 13.1 Å². The first-order chi connectivity index (χ1) is 9.00. The van der Waals surface area contributed by atoms with E-state index in [1.54, 1.807) is 4.90 Å². The van der Waals surface area contributed by atoms with Crippen LogP contribution in [0, 0.1) is 0 Å². The Morgan fingerprint density at radius 3 is 2.74 bits per heavy atom. The van der Waals surface area contributed by atoms with Crippen LogP contribution < -0.4 is 5.32 Å². The molecule has 0 aromatic carbocycles. The summed E-state index contributed by atoms with van der Waals surface area (Å²) in [5.74, 6) is -0.880. The molecule has 0 fully saturated rings. The molecule has 0 atom stereocenters. The van der Waals surface area contributed by atoms with Crippen molar-refractivity contribution < 1.29 is 14.7 Å². The topological polar surface area (TPSA) is 69.6 Å². The fourth-order valence-electron chi connectivity index (χ4n) is 2.21. The zero-order chi connectivity index (χ0) is 14.3. The van der Waals surface area contributed by atoms with E-state index in [4.69, 9.17) is 5.11 Å². The Balaban J connectivity index is 2.32. The molecule has 1 aliphatic carbocycles. The molecule has 19 heavy (non-hydrogen) atoms. The number of aliphatic carboxylic acids is 1. The van der Waals surface area contributed by atoms with Gasteiger partial charge in [0.25, 0.3) is 0 Å². The minimum Gasteiger partial charge on any atom is -0.481 e. The van der Waals surface area contributed by atoms with Gasteiger partial charge >= 0.3 is 12.0 Å². The summed E-state index contributed by atoms with van der Waals surface area (Å²) in [5.41, 5.74) is 1.42. The number of amides is 2. The van der Waals surface area contributed by atoms with Crippen molar-refractivity contribution in [2.45, 2.75) is 52.0 Å². The summed E-state index contributed by atoms with van der Waals surface area (Å²) in [6.45, 7) is 4.66. The molecule has 0 aromatic rings. The van der Waals surface area contributed by atoms with Crippen molar-refractivity contribution in [3.63, 3.8) is 0 Å². The molecule has 0 saturated carbocycles. The van der Waals surface area contributed by atoms with E-state index in [2.05, 4.69) is 11.4 Å². The summed E-state index contributed by atoms with van der Waals surface area (Å²) < 4.78 is 0. The second-order valence-corrected chi connectivity index (χ2v) is 5.17. The smallest absolute Gasteiger partial charge is 0.317 e. The minimum atomic E-state index is -0.880. The van der Waals surface area contributed by atoms with Gasteiger partial charge < -0.3 is 15.3 Å². The highest BCUT2D eigenvalue weighted by Crippen LogP contribution is 2.19. The molecular weight excluding hydrogens is 244 g/mol. The number of rotatable bonds is 7. The zero-order valence-electron chi connectivity index (χ0n) is 11.8. The number of nitrogens with zero attached hydrogens (tertiary/aromatic N) is 1. The SMILES string of the molecule is CC(C)N(CCC(=O)O)C(=O)NCCC1=CCCC1. The molecule has 0 spiro atoms. The summed E-state index contributed by atoms with van der Waals surface area (Å²) in [7, 11) is 0. The number of carbonyl (C=O) groups is 2. The quantitative estimate of drug-likeness (QED) is 0.696. The van der Waals surface area contributed by atoms with Crippen LogP contribution in [0.3, 0.4) is 0 Å². The molecular formula is C14H24N2O3. The molecule has 5 heteroatoms. The van der Waals surface area contributed by atoms with Crippen LogP contribution in [0.2, 0.25) is 0 Å².